The second-order valence-corrected chi connectivity index (χ2v) is 7.57. The Morgan fingerprint density at radius 3 is 2.67 bits per heavy atom. The lowest BCUT2D eigenvalue weighted by molar-refractivity contribution is -0.120. The van der Waals surface area contributed by atoms with Gasteiger partial charge in [0.25, 0.3) is 5.56 Å². The first-order valence-corrected chi connectivity index (χ1v) is 9.38. The molecule has 0 radical (unpaired) electrons. The van der Waals surface area contributed by atoms with E-state index in [0.29, 0.717) is 16.8 Å². The van der Waals surface area contributed by atoms with E-state index in [1.54, 1.807) is 0 Å². The summed E-state index contributed by atoms with van der Waals surface area (Å²) in [6, 6.07) is 11.0. The van der Waals surface area contributed by atoms with Crippen LogP contribution in [0.3, 0.4) is 0 Å². The highest BCUT2D eigenvalue weighted by molar-refractivity contribution is 7.22. The minimum atomic E-state index is -0.571. The standard InChI is InChI=1S/C19H20N4O3S/c1-12(2)9-20-19(26)22-16(24)10-23-11-21-14-8-15(27-17(14)18(23)25)13-6-4-3-5-7-13/h3-8,11-12H,9-10H2,1-2H3,(H2,20,22,24,26). The average Bonchev–Trinajstić information content (AvgIpc) is 3.08. The molecule has 1 aromatic carbocycles. The maximum Gasteiger partial charge on any atom is 0.321 e. The third-order valence-electron chi connectivity index (χ3n) is 3.80. The molecule has 7 nitrogen and oxygen atoms in total. The van der Waals surface area contributed by atoms with Crippen LogP contribution in [0.4, 0.5) is 4.79 Å². The van der Waals surface area contributed by atoms with E-state index in [4.69, 9.17) is 0 Å². The minimum Gasteiger partial charge on any atom is -0.338 e. The van der Waals surface area contributed by atoms with Gasteiger partial charge >= 0.3 is 6.03 Å². The van der Waals surface area contributed by atoms with Crippen molar-refractivity contribution in [3.8, 4) is 10.4 Å². The zero-order chi connectivity index (χ0) is 19.4. The summed E-state index contributed by atoms with van der Waals surface area (Å²) in [5.41, 5.74) is 1.30. The number of rotatable bonds is 5. The van der Waals surface area contributed by atoms with Crippen LogP contribution in [0.15, 0.2) is 47.5 Å². The minimum absolute atomic E-state index is 0.268. The van der Waals surface area contributed by atoms with Crippen molar-refractivity contribution in [3.05, 3.63) is 53.1 Å². The molecule has 0 unspecified atom stereocenters. The monoisotopic (exact) mass is 384 g/mol. The molecule has 3 amide bonds. The van der Waals surface area contributed by atoms with Gasteiger partial charge in [-0.1, -0.05) is 44.2 Å². The number of benzene rings is 1. The Morgan fingerprint density at radius 1 is 1.22 bits per heavy atom. The summed E-state index contributed by atoms with van der Waals surface area (Å²) in [5, 5.41) is 4.81. The number of hydrogen-bond acceptors (Lipinski definition) is 5. The number of imide groups is 1. The molecule has 0 saturated carbocycles. The molecule has 140 valence electrons. The summed E-state index contributed by atoms with van der Waals surface area (Å²) in [6.07, 6.45) is 1.33. The van der Waals surface area contributed by atoms with Crippen molar-refractivity contribution in [2.75, 3.05) is 6.54 Å². The van der Waals surface area contributed by atoms with E-state index >= 15 is 0 Å². The van der Waals surface area contributed by atoms with E-state index in [9.17, 15) is 14.4 Å². The van der Waals surface area contributed by atoms with E-state index in [1.807, 2.05) is 50.2 Å². The summed E-state index contributed by atoms with van der Waals surface area (Å²) in [6.45, 7) is 4.10. The molecular formula is C19H20N4O3S. The van der Waals surface area contributed by atoms with Gasteiger partial charge in [-0.05, 0) is 17.5 Å². The second kappa shape index (κ2) is 8.13. The van der Waals surface area contributed by atoms with Gasteiger partial charge in [-0.25, -0.2) is 9.78 Å². The van der Waals surface area contributed by atoms with Crippen LogP contribution >= 0.6 is 11.3 Å². The van der Waals surface area contributed by atoms with Crippen molar-refractivity contribution in [1.29, 1.82) is 0 Å². The average molecular weight is 384 g/mol. The molecule has 8 heteroatoms. The number of carbonyl (C=O) groups is 2. The quantitative estimate of drug-likeness (QED) is 0.707. The molecule has 2 N–H and O–H groups in total. The van der Waals surface area contributed by atoms with Crippen molar-refractivity contribution in [3.63, 3.8) is 0 Å². The Labute approximate surface area is 160 Å². The lowest BCUT2D eigenvalue weighted by atomic mass is 10.2. The molecule has 0 atom stereocenters. The van der Waals surface area contributed by atoms with Gasteiger partial charge in [0.05, 0.1) is 11.8 Å². The Morgan fingerprint density at radius 2 is 1.96 bits per heavy atom. The molecule has 0 fully saturated rings. The Kier molecular flexibility index (Phi) is 5.66. The van der Waals surface area contributed by atoms with E-state index < -0.39 is 11.9 Å². The SMILES string of the molecule is CC(C)CNC(=O)NC(=O)Cn1cnc2cc(-c3ccccc3)sc2c1=O. The van der Waals surface area contributed by atoms with E-state index in [2.05, 4.69) is 15.6 Å². The number of urea groups is 1. The lowest BCUT2D eigenvalue weighted by Crippen LogP contribution is -2.43. The molecule has 0 saturated heterocycles. The van der Waals surface area contributed by atoms with Crippen molar-refractivity contribution >= 4 is 33.5 Å². The van der Waals surface area contributed by atoms with Gasteiger partial charge in [-0.2, -0.15) is 0 Å². The molecule has 27 heavy (non-hydrogen) atoms. The number of hydrogen-bond donors (Lipinski definition) is 2. The number of nitrogens with zero attached hydrogens (tertiary/aromatic N) is 2. The van der Waals surface area contributed by atoms with Crippen LogP contribution in [0.5, 0.6) is 0 Å². The lowest BCUT2D eigenvalue weighted by Gasteiger charge is -2.09. The van der Waals surface area contributed by atoms with Crippen LogP contribution in [0, 0.1) is 5.92 Å². The van der Waals surface area contributed by atoms with Crippen LogP contribution in [0.1, 0.15) is 13.8 Å². The van der Waals surface area contributed by atoms with Crippen LogP contribution < -0.4 is 16.2 Å². The first-order valence-electron chi connectivity index (χ1n) is 8.56. The normalized spacial score (nSPS) is 10.9. The fourth-order valence-electron chi connectivity index (χ4n) is 2.46. The number of carbonyl (C=O) groups excluding carboxylic acids is 2. The van der Waals surface area contributed by atoms with E-state index in [1.165, 1.54) is 22.2 Å². The number of nitrogens with one attached hydrogen (secondary N) is 2. The largest absolute Gasteiger partial charge is 0.338 e. The zero-order valence-electron chi connectivity index (χ0n) is 15.1. The molecule has 0 bridgehead atoms. The Bertz CT molecular complexity index is 1020. The summed E-state index contributed by atoms with van der Waals surface area (Å²) in [7, 11) is 0. The van der Waals surface area contributed by atoms with Gasteiger partial charge in [-0.3, -0.25) is 19.5 Å². The highest BCUT2D eigenvalue weighted by Crippen LogP contribution is 2.30. The third-order valence-corrected chi connectivity index (χ3v) is 4.96. The van der Waals surface area contributed by atoms with E-state index in [-0.39, 0.29) is 18.0 Å². The topological polar surface area (TPSA) is 93.1 Å². The molecule has 2 heterocycles. The van der Waals surface area contributed by atoms with Crippen LogP contribution in [0.25, 0.3) is 20.7 Å². The Hall–Kier alpha value is -3.00. The van der Waals surface area contributed by atoms with Gasteiger partial charge < -0.3 is 5.32 Å². The van der Waals surface area contributed by atoms with Gasteiger partial charge in [0, 0.05) is 11.4 Å². The predicted molar refractivity (Wildman–Crippen MR) is 106 cm³/mol. The maximum absolute atomic E-state index is 12.7. The van der Waals surface area contributed by atoms with Crippen LogP contribution in [-0.2, 0) is 11.3 Å². The summed E-state index contributed by atoms with van der Waals surface area (Å²) < 4.78 is 1.69. The highest BCUT2D eigenvalue weighted by atomic mass is 32.1. The molecule has 3 aromatic rings. The fourth-order valence-corrected chi connectivity index (χ4v) is 3.53. The summed E-state index contributed by atoms with van der Waals surface area (Å²) >= 11 is 1.34. The molecule has 2 aromatic heterocycles. The molecule has 0 aliphatic rings. The molecule has 0 aliphatic heterocycles. The van der Waals surface area contributed by atoms with Crippen LogP contribution in [0.2, 0.25) is 0 Å². The molecule has 3 rings (SSSR count). The Balaban J connectivity index is 1.76. The van der Waals surface area contributed by atoms with Crippen molar-refractivity contribution in [2.45, 2.75) is 20.4 Å². The molecule has 0 aliphatic carbocycles. The third kappa shape index (κ3) is 4.59. The maximum atomic E-state index is 12.7. The number of amides is 3. The number of thiophene rings is 1. The van der Waals surface area contributed by atoms with Gasteiger partial charge in [0.2, 0.25) is 5.91 Å². The summed E-state index contributed by atoms with van der Waals surface area (Å²) in [4.78, 5) is 41.6. The molecule has 0 spiro atoms. The fraction of sp³-hybridized carbons (Fsp3) is 0.263. The zero-order valence-corrected chi connectivity index (χ0v) is 15.9. The second-order valence-electron chi connectivity index (χ2n) is 6.52. The van der Waals surface area contributed by atoms with E-state index in [0.717, 1.165) is 10.4 Å². The first kappa shape index (κ1) is 18.8. The van der Waals surface area contributed by atoms with Gasteiger partial charge in [0.15, 0.2) is 0 Å². The molecular weight excluding hydrogens is 364 g/mol. The first-order chi connectivity index (χ1) is 12.9. The number of fused-ring (bicyclic) bond motifs is 1. The van der Waals surface area contributed by atoms with Crippen molar-refractivity contribution < 1.29 is 9.59 Å². The van der Waals surface area contributed by atoms with Gasteiger partial charge in [-0.15, -0.1) is 11.3 Å². The van der Waals surface area contributed by atoms with Crippen molar-refractivity contribution in [2.24, 2.45) is 5.92 Å². The highest BCUT2D eigenvalue weighted by Gasteiger charge is 2.14. The number of aromatic nitrogens is 2. The predicted octanol–water partition coefficient (Wildman–Crippen LogP) is 2.61. The van der Waals surface area contributed by atoms with Crippen LogP contribution in [-0.4, -0.2) is 28.0 Å². The summed E-state index contributed by atoms with van der Waals surface area (Å²) in [5.74, 6) is -0.294. The van der Waals surface area contributed by atoms with Gasteiger partial charge in [0.1, 0.15) is 11.2 Å². The van der Waals surface area contributed by atoms with Crippen molar-refractivity contribution in [1.82, 2.24) is 20.2 Å². The smallest absolute Gasteiger partial charge is 0.321 e.